The van der Waals surface area contributed by atoms with Gasteiger partial charge in [0.1, 0.15) is 6.61 Å². The summed E-state index contributed by atoms with van der Waals surface area (Å²) in [6.07, 6.45) is 26.6. The summed E-state index contributed by atoms with van der Waals surface area (Å²) in [5.41, 5.74) is 0. The molecule has 2 nitrogen and oxygen atoms in total. The lowest BCUT2D eigenvalue weighted by molar-refractivity contribution is -0.140. The molecule has 0 rings (SSSR count). The van der Waals surface area contributed by atoms with Crippen LogP contribution in [0.15, 0.2) is 12.2 Å². The molecule has 0 aromatic rings. The van der Waals surface area contributed by atoms with Crippen LogP contribution in [0.4, 0.5) is 0 Å². The van der Waals surface area contributed by atoms with Crippen LogP contribution in [0.3, 0.4) is 0 Å². The Bertz CT molecular complexity index is 309. The fraction of sp³-hybridized carbons (Fsp3) is 0.833. The minimum Gasteiger partial charge on any atom is -0.458 e. The summed E-state index contributed by atoms with van der Waals surface area (Å²) in [7, 11) is 0. The number of ether oxygens (including phenoxy) is 1. The van der Waals surface area contributed by atoms with Crippen LogP contribution in [-0.2, 0) is 9.53 Å². The summed E-state index contributed by atoms with van der Waals surface area (Å²) < 4.78 is 5.13. The highest BCUT2D eigenvalue weighted by Crippen LogP contribution is 2.11. The second kappa shape index (κ2) is 22.3. The van der Waals surface area contributed by atoms with Gasteiger partial charge in [-0.05, 0) is 44.9 Å². The van der Waals surface area contributed by atoms with E-state index >= 15 is 0 Å². The van der Waals surface area contributed by atoms with Gasteiger partial charge >= 0.3 is 5.97 Å². The highest BCUT2D eigenvalue weighted by atomic mass is 16.5. The minimum absolute atomic E-state index is 0.0637. The third kappa shape index (κ3) is 21.3. The van der Waals surface area contributed by atoms with Gasteiger partial charge in [-0.25, -0.2) is 0 Å². The van der Waals surface area contributed by atoms with Gasteiger partial charge in [0.05, 0.1) is 0 Å². The zero-order chi connectivity index (χ0) is 19.1. The second-order valence-electron chi connectivity index (χ2n) is 7.49. The molecule has 0 atom stereocenters. The molecule has 0 aliphatic heterocycles. The van der Waals surface area contributed by atoms with E-state index in [1.54, 1.807) is 6.61 Å². The fourth-order valence-corrected chi connectivity index (χ4v) is 3.03. The molecule has 0 saturated heterocycles. The van der Waals surface area contributed by atoms with Crippen molar-refractivity contribution in [1.29, 1.82) is 0 Å². The summed E-state index contributed by atoms with van der Waals surface area (Å²) >= 11 is 0. The Hall–Kier alpha value is -0.790. The molecule has 0 heterocycles. The molecule has 0 aliphatic carbocycles. The molecular weight excluding hydrogens is 320 g/mol. The lowest BCUT2D eigenvalue weighted by Gasteiger charge is -2.04. The first-order valence-corrected chi connectivity index (χ1v) is 11.5. The van der Waals surface area contributed by atoms with E-state index in [0.29, 0.717) is 6.42 Å². The average molecular weight is 366 g/mol. The molecule has 0 unspecified atom stereocenters. The summed E-state index contributed by atoms with van der Waals surface area (Å²) in [6, 6.07) is 0. The number of carbonyl (C=O) groups excluding carboxylic acids is 1. The smallest absolute Gasteiger partial charge is 0.306 e. The maximum atomic E-state index is 11.4. The van der Waals surface area contributed by atoms with Crippen LogP contribution in [-0.4, -0.2) is 5.97 Å². The summed E-state index contributed by atoms with van der Waals surface area (Å²) in [5.74, 6) is -0.0637. The molecule has 0 spiro atoms. The van der Waals surface area contributed by atoms with Crippen molar-refractivity contribution in [3.05, 3.63) is 18.8 Å². The summed E-state index contributed by atoms with van der Waals surface area (Å²) in [5, 5.41) is 0. The van der Waals surface area contributed by atoms with Crippen LogP contribution in [0.5, 0.6) is 0 Å². The molecule has 0 fully saturated rings. The van der Waals surface area contributed by atoms with Gasteiger partial charge in [0.25, 0.3) is 0 Å². The number of unbranched alkanes of at least 4 members (excludes halogenated alkanes) is 14. The van der Waals surface area contributed by atoms with E-state index in [1.807, 2.05) is 0 Å². The van der Waals surface area contributed by atoms with Crippen molar-refractivity contribution in [2.45, 2.75) is 129 Å². The average Bonchev–Trinajstić information content (AvgIpc) is 2.64. The Morgan fingerprint density at radius 1 is 0.615 bits per heavy atom. The van der Waals surface area contributed by atoms with Crippen molar-refractivity contribution in [3.63, 3.8) is 0 Å². The number of carbonyl (C=O) groups is 1. The predicted molar refractivity (Wildman–Crippen MR) is 114 cm³/mol. The third-order valence-corrected chi connectivity index (χ3v) is 4.78. The largest absolute Gasteiger partial charge is 0.458 e. The van der Waals surface area contributed by atoms with Crippen molar-refractivity contribution in [3.8, 4) is 0 Å². The topological polar surface area (TPSA) is 26.3 Å². The van der Waals surface area contributed by atoms with Gasteiger partial charge in [0.2, 0.25) is 0 Å². The van der Waals surface area contributed by atoms with E-state index < -0.39 is 0 Å². The number of esters is 1. The summed E-state index contributed by atoms with van der Waals surface area (Å²) in [6.45, 7) is 6.12. The van der Waals surface area contributed by atoms with Crippen LogP contribution in [0.25, 0.3) is 0 Å². The summed E-state index contributed by atoms with van der Waals surface area (Å²) in [4.78, 5) is 11.4. The monoisotopic (exact) mass is 365 g/mol. The Morgan fingerprint density at radius 3 is 1.65 bits per heavy atom. The van der Waals surface area contributed by atoms with Gasteiger partial charge in [-0.15, -0.1) is 0 Å². The fourth-order valence-electron chi connectivity index (χ4n) is 3.03. The Labute approximate surface area is 164 Å². The standard InChI is InChI=1S/C24H45O2/c1-3-5-7-8-9-10-11-12-13-14-15-16-17-18-19-21-23-26-24(25)22-20-6-4-2/h12-13,23H,3-11,14-22H2,1-2H3/b13-12-. The zero-order valence-corrected chi connectivity index (χ0v) is 17.8. The Morgan fingerprint density at radius 2 is 1.08 bits per heavy atom. The maximum Gasteiger partial charge on any atom is 0.306 e. The van der Waals surface area contributed by atoms with Crippen molar-refractivity contribution < 1.29 is 9.53 Å². The quantitative estimate of drug-likeness (QED) is 0.123. The minimum atomic E-state index is -0.0637. The van der Waals surface area contributed by atoms with E-state index in [-0.39, 0.29) is 5.97 Å². The first-order chi connectivity index (χ1) is 12.8. The lowest BCUT2D eigenvalue weighted by Crippen LogP contribution is -2.01. The van der Waals surface area contributed by atoms with Gasteiger partial charge in [0, 0.05) is 6.42 Å². The molecule has 0 aromatic heterocycles. The molecule has 1 radical (unpaired) electrons. The Kier molecular flexibility index (Phi) is 21.6. The van der Waals surface area contributed by atoms with Crippen LogP contribution in [0.2, 0.25) is 0 Å². The predicted octanol–water partition coefficient (Wildman–Crippen LogP) is 8.31. The van der Waals surface area contributed by atoms with Crippen molar-refractivity contribution >= 4 is 5.97 Å². The van der Waals surface area contributed by atoms with E-state index in [9.17, 15) is 4.79 Å². The van der Waals surface area contributed by atoms with Crippen LogP contribution in [0.1, 0.15) is 129 Å². The molecule has 2 heteroatoms. The van der Waals surface area contributed by atoms with Gasteiger partial charge in [-0.2, -0.15) is 0 Å². The number of rotatable bonds is 20. The van der Waals surface area contributed by atoms with Crippen LogP contribution in [0, 0.1) is 6.61 Å². The molecule has 0 amide bonds. The lowest BCUT2D eigenvalue weighted by atomic mass is 10.1. The van der Waals surface area contributed by atoms with Gasteiger partial charge < -0.3 is 4.74 Å². The van der Waals surface area contributed by atoms with Crippen LogP contribution < -0.4 is 0 Å². The molecule has 0 aliphatic rings. The van der Waals surface area contributed by atoms with E-state index in [1.165, 1.54) is 77.0 Å². The molecule has 0 saturated carbocycles. The Balaban J connectivity index is 3.14. The van der Waals surface area contributed by atoms with E-state index in [0.717, 1.165) is 32.1 Å². The normalized spacial score (nSPS) is 11.3. The van der Waals surface area contributed by atoms with Gasteiger partial charge in [-0.1, -0.05) is 90.2 Å². The molecule has 0 bridgehead atoms. The van der Waals surface area contributed by atoms with E-state index in [4.69, 9.17) is 4.74 Å². The molecule has 0 aromatic carbocycles. The molecule has 26 heavy (non-hydrogen) atoms. The number of hydrogen-bond donors (Lipinski definition) is 0. The first-order valence-electron chi connectivity index (χ1n) is 11.5. The van der Waals surface area contributed by atoms with Crippen molar-refractivity contribution in [2.75, 3.05) is 0 Å². The van der Waals surface area contributed by atoms with Gasteiger partial charge in [0.15, 0.2) is 0 Å². The highest BCUT2D eigenvalue weighted by molar-refractivity contribution is 5.69. The maximum absolute atomic E-state index is 11.4. The van der Waals surface area contributed by atoms with Crippen LogP contribution >= 0.6 is 0 Å². The molecule has 0 N–H and O–H groups in total. The molecular formula is C24H45O2. The van der Waals surface area contributed by atoms with Gasteiger partial charge in [-0.3, -0.25) is 4.79 Å². The number of allylic oxidation sites excluding steroid dienone is 2. The van der Waals surface area contributed by atoms with Crippen molar-refractivity contribution in [2.24, 2.45) is 0 Å². The SMILES string of the molecule is CCCCCCCC/C=C\CCCCCCC[CH]OC(=O)CCCCC. The third-order valence-electron chi connectivity index (χ3n) is 4.78. The zero-order valence-electron chi connectivity index (χ0n) is 17.8. The van der Waals surface area contributed by atoms with E-state index in [2.05, 4.69) is 26.0 Å². The second-order valence-corrected chi connectivity index (χ2v) is 7.49. The first kappa shape index (κ1) is 25.2. The molecule has 153 valence electrons. The highest BCUT2D eigenvalue weighted by Gasteiger charge is 2.02. The number of hydrogen-bond acceptors (Lipinski definition) is 2. The van der Waals surface area contributed by atoms with Crippen molar-refractivity contribution in [1.82, 2.24) is 0 Å².